The first-order chi connectivity index (χ1) is 10.8. The fourth-order valence-electron chi connectivity index (χ4n) is 2.47. The second-order valence-electron chi connectivity index (χ2n) is 5.37. The van der Waals surface area contributed by atoms with Crippen molar-refractivity contribution in [2.75, 3.05) is 0 Å². The van der Waals surface area contributed by atoms with Gasteiger partial charge in [0.1, 0.15) is 6.10 Å². The van der Waals surface area contributed by atoms with Gasteiger partial charge in [-0.25, -0.2) is 0 Å². The zero-order valence-corrected chi connectivity index (χ0v) is 12.4. The Morgan fingerprint density at radius 3 is 2.65 bits per heavy atom. The van der Waals surface area contributed by atoms with E-state index in [-0.39, 0.29) is 13.0 Å². The van der Waals surface area contributed by atoms with E-state index in [1.807, 2.05) is 35.6 Å². The number of aliphatic hydroxyl groups is 1. The highest BCUT2D eigenvalue weighted by atomic mass is 19.4. The van der Waals surface area contributed by atoms with E-state index in [0.29, 0.717) is 0 Å². The molecule has 1 aromatic rings. The van der Waals surface area contributed by atoms with E-state index < -0.39 is 36.6 Å². The van der Waals surface area contributed by atoms with Gasteiger partial charge in [-0.05, 0) is 12.5 Å². The molecule has 1 aliphatic heterocycles. The van der Waals surface area contributed by atoms with Crippen molar-refractivity contribution in [2.45, 2.75) is 50.7 Å². The highest BCUT2D eigenvalue weighted by Crippen LogP contribution is 2.24. The lowest BCUT2D eigenvalue weighted by atomic mass is 9.99. The lowest BCUT2D eigenvalue weighted by Gasteiger charge is -2.39. The van der Waals surface area contributed by atoms with Crippen molar-refractivity contribution < 1.29 is 32.5 Å². The molecule has 0 spiro atoms. The van der Waals surface area contributed by atoms with Gasteiger partial charge >= 0.3 is 12.1 Å². The number of amides is 1. The average Bonchev–Trinajstić information content (AvgIpc) is 2.46. The number of carbonyl (C=O) groups is 1. The zero-order chi connectivity index (χ0) is 17.0. The minimum absolute atomic E-state index is 0.160. The number of benzene rings is 1. The van der Waals surface area contributed by atoms with Crippen molar-refractivity contribution in [2.24, 2.45) is 0 Å². The van der Waals surface area contributed by atoms with Crippen molar-refractivity contribution in [1.82, 2.24) is 5.32 Å². The molecule has 2 N–H and O–H groups in total. The lowest BCUT2D eigenvalue weighted by molar-refractivity contribution is -0.219. The average molecular weight is 333 g/mol. The molecule has 8 heteroatoms. The monoisotopic (exact) mass is 333 g/mol. The second kappa shape index (κ2) is 7.29. The van der Waals surface area contributed by atoms with Gasteiger partial charge in [-0.3, -0.25) is 4.79 Å². The minimum Gasteiger partial charge on any atom is -0.369 e. The Morgan fingerprint density at radius 2 is 2.04 bits per heavy atom. The van der Waals surface area contributed by atoms with Crippen LogP contribution in [0.4, 0.5) is 13.2 Å². The van der Waals surface area contributed by atoms with Crippen molar-refractivity contribution >= 4 is 5.91 Å². The Labute approximate surface area is 131 Å². The summed E-state index contributed by atoms with van der Waals surface area (Å²) in [5.41, 5.74) is 0.840. The van der Waals surface area contributed by atoms with Crippen LogP contribution in [0.25, 0.3) is 0 Å². The predicted molar refractivity (Wildman–Crippen MR) is 74.2 cm³/mol. The molecule has 0 unspecified atom stereocenters. The number of carbonyl (C=O) groups excluding carboxylic acids is 1. The molecule has 1 heterocycles. The van der Waals surface area contributed by atoms with Gasteiger partial charge in [0.25, 0.3) is 0 Å². The van der Waals surface area contributed by atoms with Gasteiger partial charge in [-0.1, -0.05) is 30.3 Å². The Bertz CT molecular complexity index is 523. The van der Waals surface area contributed by atoms with Crippen molar-refractivity contribution in [1.29, 1.82) is 0 Å². The number of aliphatic hydroxyl groups excluding tert-OH is 1. The van der Waals surface area contributed by atoms with E-state index in [1.54, 1.807) is 6.92 Å². The summed E-state index contributed by atoms with van der Waals surface area (Å²) in [6, 6.07) is 8.09. The predicted octanol–water partition coefficient (Wildman–Crippen LogP) is 1.75. The summed E-state index contributed by atoms with van der Waals surface area (Å²) in [7, 11) is 0. The van der Waals surface area contributed by atoms with Crippen LogP contribution in [0.2, 0.25) is 0 Å². The Kier molecular flexibility index (Phi) is 5.61. The maximum atomic E-state index is 12.4. The van der Waals surface area contributed by atoms with E-state index in [0.717, 1.165) is 5.56 Å². The summed E-state index contributed by atoms with van der Waals surface area (Å²) in [4.78, 5) is 11.2. The van der Waals surface area contributed by atoms with Crippen LogP contribution in [0.15, 0.2) is 30.3 Å². The van der Waals surface area contributed by atoms with Crippen molar-refractivity contribution in [3.8, 4) is 0 Å². The topological polar surface area (TPSA) is 67.8 Å². The fourth-order valence-corrected chi connectivity index (χ4v) is 2.47. The van der Waals surface area contributed by atoms with E-state index in [1.165, 1.54) is 0 Å². The summed E-state index contributed by atoms with van der Waals surface area (Å²) in [6.45, 7) is 1.73. The molecule has 1 fully saturated rings. The number of alkyl halides is 3. The van der Waals surface area contributed by atoms with Crippen LogP contribution in [0.5, 0.6) is 0 Å². The van der Waals surface area contributed by atoms with Crippen LogP contribution in [-0.2, 0) is 20.9 Å². The summed E-state index contributed by atoms with van der Waals surface area (Å²) in [5.74, 6) is -2.06. The largest absolute Gasteiger partial charge is 0.471 e. The molecular formula is C15H18F3NO4. The summed E-state index contributed by atoms with van der Waals surface area (Å²) < 4.78 is 48.1. The number of rotatable bonds is 4. The molecule has 4 atom stereocenters. The smallest absolute Gasteiger partial charge is 0.369 e. The van der Waals surface area contributed by atoms with Crippen molar-refractivity contribution in [3.05, 3.63) is 35.9 Å². The molecule has 0 aliphatic carbocycles. The summed E-state index contributed by atoms with van der Waals surface area (Å²) in [6.07, 6.45) is -7.88. The first kappa shape index (κ1) is 17.7. The SMILES string of the molecule is C[C@@H]1O[C@H](O)C[C@H](NC(=O)C(F)(F)F)[C@H]1OCc1ccccc1. The van der Waals surface area contributed by atoms with Gasteiger partial charge in [0.15, 0.2) is 6.29 Å². The Morgan fingerprint density at radius 1 is 1.39 bits per heavy atom. The highest BCUT2D eigenvalue weighted by molar-refractivity contribution is 5.82. The zero-order valence-electron chi connectivity index (χ0n) is 12.4. The lowest BCUT2D eigenvalue weighted by Crippen LogP contribution is -2.57. The van der Waals surface area contributed by atoms with E-state index in [4.69, 9.17) is 9.47 Å². The molecule has 0 aromatic heterocycles. The molecule has 0 radical (unpaired) electrons. The van der Waals surface area contributed by atoms with E-state index >= 15 is 0 Å². The third-order valence-corrected chi connectivity index (χ3v) is 3.55. The van der Waals surface area contributed by atoms with E-state index in [2.05, 4.69) is 0 Å². The van der Waals surface area contributed by atoms with Gasteiger partial charge in [0, 0.05) is 6.42 Å². The van der Waals surface area contributed by atoms with E-state index in [9.17, 15) is 23.1 Å². The minimum atomic E-state index is -4.99. The molecule has 23 heavy (non-hydrogen) atoms. The number of hydrogen-bond donors (Lipinski definition) is 2. The summed E-state index contributed by atoms with van der Waals surface area (Å²) in [5, 5.41) is 11.4. The molecular weight excluding hydrogens is 315 g/mol. The standard InChI is InChI=1S/C15H18F3NO4/c1-9-13(22-8-10-5-3-2-4-6-10)11(7-12(20)23-9)19-14(21)15(16,17)18/h2-6,9,11-13,20H,7-8H2,1H3,(H,19,21)/t9-,11-,12-,13-/m0/s1. The van der Waals surface area contributed by atoms with Gasteiger partial charge in [-0.15, -0.1) is 0 Å². The molecule has 0 bridgehead atoms. The number of halogens is 3. The molecule has 2 rings (SSSR count). The van der Waals surface area contributed by atoms with Gasteiger partial charge in [0.2, 0.25) is 0 Å². The first-order valence-corrected chi connectivity index (χ1v) is 7.14. The van der Waals surface area contributed by atoms with Crippen molar-refractivity contribution in [3.63, 3.8) is 0 Å². The fraction of sp³-hybridized carbons (Fsp3) is 0.533. The maximum absolute atomic E-state index is 12.4. The Balaban J connectivity index is 2.04. The molecule has 5 nitrogen and oxygen atoms in total. The van der Waals surface area contributed by atoms with Crippen LogP contribution in [-0.4, -0.2) is 41.7 Å². The number of hydrogen-bond acceptors (Lipinski definition) is 4. The maximum Gasteiger partial charge on any atom is 0.471 e. The number of nitrogens with one attached hydrogen (secondary N) is 1. The molecule has 1 aliphatic rings. The third-order valence-electron chi connectivity index (χ3n) is 3.55. The van der Waals surface area contributed by atoms with Crippen LogP contribution in [0.1, 0.15) is 18.9 Å². The third kappa shape index (κ3) is 4.92. The molecule has 128 valence electrons. The summed E-state index contributed by atoms with van der Waals surface area (Å²) >= 11 is 0. The number of ether oxygens (including phenoxy) is 2. The normalized spacial score (nSPS) is 28.4. The van der Waals surface area contributed by atoms with Gasteiger partial charge in [-0.2, -0.15) is 13.2 Å². The Hall–Kier alpha value is -1.64. The van der Waals surface area contributed by atoms with Crippen LogP contribution in [0, 0.1) is 0 Å². The van der Waals surface area contributed by atoms with Crippen LogP contribution >= 0.6 is 0 Å². The molecule has 1 aromatic carbocycles. The molecule has 1 amide bonds. The second-order valence-corrected chi connectivity index (χ2v) is 5.37. The first-order valence-electron chi connectivity index (χ1n) is 7.14. The van der Waals surface area contributed by atoms with Gasteiger partial charge < -0.3 is 19.9 Å². The van der Waals surface area contributed by atoms with Crippen LogP contribution < -0.4 is 5.32 Å². The quantitative estimate of drug-likeness (QED) is 0.881. The van der Waals surface area contributed by atoms with Crippen LogP contribution in [0.3, 0.4) is 0 Å². The molecule has 0 saturated carbocycles. The molecule has 1 saturated heterocycles. The van der Waals surface area contributed by atoms with Gasteiger partial charge in [0.05, 0.1) is 18.8 Å². The highest BCUT2D eigenvalue weighted by Gasteiger charge is 2.44.